The summed E-state index contributed by atoms with van der Waals surface area (Å²) in [7, 11) is 0.699. The molecule has 1 aromatic carbocycles. The van der Waals surface area contributed by atoms with Gasteiger partial charge in [0.25, 0.3) is 0 Å². The third-order valence-electron chi connectivity index (χ3n) is 4.25. The first-order chi connectivity index (χ1) is 9.86. The standard InChI is InChI=1S/C15H25N3O2S/c1-12-10-13(11-16)4-5-15(12)21(19,20)18-8-6-14(7-9-18)17(2)3/h4-5,10,14H,6-9,11,16H2,1-3H3. The molecule has 1 fully saturated rings. The SMILES string of the molecule is Cc1cc(CN)ccc1S(=O)(=O)N1CCC(N(C)C)CC1. The Kier molecular flexibility index (Phi) is 5.03. The lowest BCUT2D eigenvalue weighted by molar-refractivity contribution is 0.196. The van der Waals surface area contributed by atoms with Crippen LogP contribution in [0.5, 0.6) is 0 Å². The number of hydrogen-bond acceptors (Lipinski definition) is 4. The van der Waals surface area contributed by atoms with Crippen LogP contribution in [0.15, 0.2) is 23.1 Å². The van der Waals surface area contributed by atoms with E-state index >= 15 is 0 Å². The van der Waals surface area contributed by atoms with Gasteiger partial charge in [0.1, 0.15) is 0 Å². The van der Waals surface area contributed by atoms with Gasteiger partial charge in [-0.3, -0.25) is 0 Å². The van der Waals surface area contributed by atoms with Gasteiger partial charge < -0.3 is 10.6 Å². The first-order valence-corrected chi connectivity index (χ1v) is 8.76. The fourth-order valence-corrected chi connectivity index (χ4v) is 4.54. The van der Waals surface area contributed by atoms with E-state index in [9.17, 15) is 8.42 Å². The van der Waals surface area contributed by atoms with E-state index < -0.39 is 10.0 Å². The van der Waals surface area contributed by atoms with Crippen molar-refractivity contribution in [3.05, 3.63) is 29.3 Å². The van der Waals surface area contributed by atoms with Gasteiger partial charge in [-0.05, 0) is 51.1 Å². The quantitative estimate of drug-likeness (QED) is 0.906. The third-order valence-corrected chi connectivity index (χ3v) is 6.31. The van der Waals surface area contributed by atoms with Gasteiger partial charge in [0.2, 0.25) is 10.0 Å². The summed E-state index contributed by atoms with van der Waals surface area (Å²) < 4.78 is 27.1. The van der Waals surface area contributed by atoms with Crippen molar-refractivity contribution in [2.45, 2.75) is 37.2 Å². The molecule has 1 aliphatic rings. The van der Waals surface area contributed by atoms with E-state index in [2.05, 4.69) is 4.90 Å². The van der Waals surface area contributed by atoms with Gasteiger partial charge in [0, 0.05) is 25.7 Å². The summed E-state index contributed by atoms with van der Waals surface area (Å²) in [6.07, 6.45) is 1.76. The van der Waals surface area contributed by atoms with Crippen LogP contribution in [0.25, 0.3) is 0 Å². The second-order valence-corrected chi connectivity index (χ2v) is 7.81. The maximum atomic E-state index is 12.8. The van der Waals surface area contributed by atoms with Gasteiger partial charge in [0.05, 0.1) is 4.90 Å². The summed E-state index contributed by atoms with van der Waals surface area (Å²) in [5.74, 6) is 0. The Morgan fingerprint density at radius 3 is 2.38 bits per heavy atom. The molecule has 0 saturated carbocycles. The molecule has 0 radical (unpaired) electrons. The molecule has 1 aliphatic heterocycles. The zero-order valence-electron chi connectivity index (χ0n) is 13.0. The number of sulfonamides is 1. The number of hydrogen-bond donors (Lipinski definition) is 1. The van der Waals surface area contributed by atoms with Crippen LogP contribution < -0.4 is 5.73 Å². The maximum absolute atomic E-state index is 12.8. The number of rotatable bonds is 4. The number of aryl methyl sites for hydroxylation is 1. The summed E-state index contributed by atoms with van der Waals surface area (Å²) in [6.45, 7) is 3.43. The molecule has 1 saturated heterocycles. The Hall–Kier alpha value is -0.950. The average molecular weight is 311 g/mol. The normalized spacial score (nSPS) is 18.3. The van der Waals surface area contributed by atoms with Crippen molar-refractivity contribution in [3.63, 3.8) is 0 Å². The summed E-state index contributed by atoms with van der Waals surface area (Å²) in [5, 5.41) is 0. The molecule has 2 rings (SSSR count). The van der Waals surface area contributed by atoms with Gasteiger partial charge >= 0.3 is 0 Å². The molecule has 0 amide bonds. The topological polar surface area (TPSA) is 66.6 Å². The van der Waals surface area contributed by atoms with Crippen LogP contribution in [0.2, 0.25) is 0 Å². The molecule has 1 heterocycles. The van der Waals surface area contributed by atoms with Crippen molar-refractivity contribution >= 4 is 10.0 Å². The summed E-state index contributed by atoms with van der Waals surface area (Å²) in [6, 6.07) is 5.81. The van der Waals surface area contributed by atoms with E-state index in [1.54, 1.807) is 16.4 Å². The minimum atomic E-state index is -3.39. The van der Waals surface area contributed by atoms with Crippen molar-refractivity contribution in [1.82, 2.24) is 9.21 Å². The Balaban J connectivity index is 2.19. The highest BCUT2D eigenvalue weighted by Crippen LogP contribution is 2.25. The molecule has 21 heavy (non-hydrogen) atoms. The molecule has 0 aromatic heterocycles. The molecule has 0 unspecified atom stereocenters. The Bertz CT molecular complexity index is 591. The second-order valence-electron chi connectivity index (χ2n) is 5.90. The summed E-state index contributed by atoms with van der Waals surface area (Å²) in [5.41, 5.74) is 7.33. The van der Waals surface area contributed by atoms with E-state index in [1.807, 2.05) is 27.1 Å². The largest absolute Gasteiger partial charge is 0.326 e. The van der Waals surface area contributed by atoms with Crippen molar-refractivity contribution in [2.24, 2.45) is 5.73 Å². The molecule has 1 aromatic rings. The molecule has 5 nitrogen and oxygen atoms in total. The smallest absolute Gasteiger partial charge is 0.243 e. The lowest BCUT2D eigenvalue weighted by Crippen LogP contribution is -2.44. The average Bonchev–Trinajstić information content (AvgIpc) is 2.46. The van der Waals surface area contributed by atoms with Crippen molar-refractivity contribution in [2.75, 3.05) is 27.2 Å². The van der Waals surface area contributed by atoms with Crippen LogP contribution >= 0.6 is 0 Å². The number of piperidine rings is 1. The van der Waals surface area contributed by atoms with Crippen LogP contribution in [0.1, 0.15) is 24.0 Å². The molecule has 0 spiro atoms. The van der Waals surface area contributed by atoms with Crippen LogP contribution in [0, 0.1) is 6.92 Å². The highest BCUT2D eigenvalue weighted by molar-refractivity contribution is 7.89. The predicted octanol–water partition coefficient (Wildman–Crippen LogP) is 1.17. The van der Waals surface area contributed by atoms with Crippen LogP contribution in [0.3, 0.4) is 0 Å². The third kappa shape index (κ3) is 3.45. The van der Waals surface area contributed by atoms with Gasteiger partial charge in [-0.1, -0.05) is 12.1 Å². The minimum Gasteiger partial charge on any atom is -0.326 e. The van der Waals surface area contributed by atoms with Crippen LogP contribution in [-0.4, -0.2) is 50.8 Å². The Labute approximate surface area is 127 Å². The fourth-order valence-electron chi connectivity index (χ4n) is 2.87. The van der Waals surface area contributed by atoms with Crippen molar-refractivity contribution < 1.29 is 8.42 Å². The first-order valence-electron chi connectivity index (χ1n) is 7.32. The Morgan fingerprint density at radius 2 is 1.90 bits per heavy atom. The van der Waals surface area contributed by atoms with Gasteiger partial charge in [-0.15, -0.1) is 0 Å². The molecule has 118 valence electrons. The lowest BCUT2D eigenvalue weighted by atomic mass is 10.1. The van der Waals surface area contributed by atoms with E-state index in [-0.39, 0.29) is 0 Å². The molecular formula is C15H25N3O2S. The van der Waals surface area contributed by atoms with E-state index in [0.717, 1.165) is 24.0 Å². The summed E-state index contributed by atoms with van der Waals surface area (Å²) in [4.78, 5) is 2.58. The predicted molar refractivity (Wildman–Crippen MR) is 84.5 cm³/mol. The molecule has 2 N–H and O–H groups in total. The van der Waals surface area contributed by atoms with Crippen molar-refractivity contribution in [1.29, 1.82) is 0 Å². The van der Waals surface area contributed by atoms with E-state index in [1.165, 1.54) is 0 Å². The first kappa shape index (κ1) is 16.4. The van der Waals surface area contributed by atoms with Crippen LogP contribution in [0.4, 0.5) is 0 Å². The monoisotopic (exact) mass is 311 g/mol. The number of nitrogens with two attached hydrogens (primary N) is 1. The van der Waals surface area contributed by atoms with Gasteiger partial charge in [-0.2, -0.15) is 4.31 Å². The molecule has 0 atom stereocenters. The minimum absolute atomic E-state index is 0.406. The maximum Gasteiger partial charge on any atom is 0.243 e. The molecule has 0 aliphatic carbocycles. The van der Waals surface area contributed by atoms with E-state index in [0.29, 0.717) is 30.6 Å². The number of benzene rings is 1. The zero-order valence-corrected chi connectivity index (χ0v) is 13.9. The van der Waals surface area contributed by atoms with Crippen molar-refractivity contribution in [3.8, 4) is 0 Å². The van der Waals surface area contributed by atoms with E-state index in [4.69, 9.17) is 5.73 Å². The fraction of sp³-hybridized carbons (Fsp3) is 0.600. The van der Waals surface area contributed by atoms with Gasteiger partial charge in [-0.25, -0.2) is 8.42 Å². The molecular weight excluding hydrogens is 286 g/mol. The second kappa shape index (κ2) is 6.44. The highest BCUT2D eigenvalue weighted by atomic mass is 32.2. The zero-order chi connectivity index (χ0) is 15.6. The lowest BCUT2D eigenvalue weighted by Gasteiger charge is -2.34. The summed E-state index contributed by atoms with van der Waals surface area (Å²) >= 11 is 0. The van der Waals surface area contributed by atoms with Gasteiger partial charge in [0.15, 0.2) is 0 Å². The highest BCUT2D eigenvalue weighted by Gasteiger charge is 2.30. The Morgan fingerprint density at radius 1 is 1.29 bits per heavy atom. The number of nitrogens with zero attached hydrogens (tertiary/aromatic N) is 2. The molecule has 0 bridgehead atoms. The molecule has 6 heteroatoms. The van der Waals surface area contributed by atoms with Crippen LogP contribution in [-0.2, 0) is 16.6 Å².